The molecule has 1 atom stereocenters. The number of hydrogen-bond acceptors (Lipinski definition) is 8. The summed E-state index contributed by atoms with van der Waals surface area (Å²) in [4.78, 5) is 8.96. The summed E-state index contributed by atoms with van der Waals surface area (Å²) in [5.74, 6) is 0.223. The van der Waals surface area contributed by atoms with Crippen molar-refractivity contribution in [2.75, 3.05) is 38.7 Å². The SMILES string of the molecule is COP(=O)(CCc1ccc(C)c(Nc2nccc(-c3ccccc3)n2)c1)CP(=O)(OC)OC. The van der Waals surface area contributed by atoms with Crippen molar-refractivity contribution in [3.8, 4) is 11.3 Å². The van der Waals surface area contributed by atoms with E-state index in [-0.39, 0.29) is 12.1 Å². The first-order valence-corrected chi connectivity index (χ1v) is 14.1. The van der Waals surface area contributed by atoms with E-state index in [4.69, 9.17) is 13.6 Å². The number of aryl methyl sites for hydroxylation is 2. The molecule has 0 saturated heterocycles. The van der Waals surface area contributed by atoms with Crippen LogP contribution in [0.5, 0.6) is 0 Å². The second-order valence-corrected chi connectivity index (χ2v) is 13.0. The van der Waals surface area contributed by atoms with Gasteiger partial charge in [-0.3, -0.25) is 9.13 Å². The van der Waals surface area contributed by atoms with Crippen LogP contribution in [0, 0.1) is 6.92 Å². The fourth-order valence-corrected chi connectivity index (χ4v) is 8.23. The van der Waals surface area contributed by atoms with Gasteiger partial charge >= 0.3 is 7.60 Å². The minimum atomic E-state index is -3.45. The number of nitrogens with zero attached hydrogens (tertiary/aromatic N) is 2. The average Bonchev–Trinajstić information content (AvgIpc) is 2.85. The van der Waals surface area contributed by atoms with Crippen LogP contribution in [0.15, 0.2) is 60.8 Å². The maximum Gasteiger partial charge on any atom is 0.339 e. The van der Waals surface area contributed by atoms with Crippen molar-refractivity contribution in [2.45, 2.75) is 13.3 Å². The van der Waals surface area contributed by atoms with Crippen LogP contribution < -0.4 is 5.32 Å². The van der Waals surface area contributed by atoms with Gasteiger partial charge in [0.15, 0.2) is 0 Å². The van der Waals surface area contributed by atoms with E-state index in [9.17, 15) is 9.13 Å². The second kappa shape index (κ2) is 11.2. The smallest absolute Gasteiger partial charge is 0.331 e. The van der Waals surface area contributed by atoms with Crippen LogP contribution in [0.1, 0.15) is 11.1 Å². The van der Waals surface area contributed by atoms with Gasteiger partial charge in [0.25, 0.3) is 0 Å². The molecule has 33 heavy (non-hydrogen) atoms. The Hall–Kier alpha value is -2.34. The van der Waals surface area contributed by atoms with Crippen LogP contribution in [0.3, 0.4) is 0 Å². The summed E-state index contributed by atoms with van der Waals surface area (Å²) >= 11 is 0. The summed E-state index contributed by atoms with van der Waals surface area (Å²) in [6, 6.07) is 17.7. The van der Waals surface area contributed by atoms with Crippen LogP contribution >= 0.6 is 15.0 Å². The zero-order chi connectivity index (χ0) is 23.9. The Morgan fingerprint density at radius 3 is 2.33 bits per heavy atom. The Morgan fingerprint density at radius 1 is 0.939 bits per heavy atom. The molecule has 0 fully saturated rings. The van der Waals surface area contributed by atoms with Gasteiger partial charge in [0.2, 0.25) is 13.3 Å². The molecule has 0 aliphatic carbocycles. The molecule has 8 nitrogen and oxygen atoms in total. The standard InChI is InChI=1S/C23H29N3O5P2/c1-18-10-11-19(13-15-32(27,29-2)17-33(28,30-3)31-4)16-22(18)26-23-24-14-12-21(25-23)20-8-6-5-7-9-20/h5-12,14,16H,13,15,17H2,1-4H3,(H,24,25,26). The van der Waals surface area contributed by atoms with E-state index in [1.54, 1.807) is 6.20 Å². The molecule has 3 aromatic rings. The molecular weight excluding hydrogens is 460 g/mol. The van der Waals surface area contributed by atoms with Crippen molar-refractivity contribution in [3.63, 3.8) is 0 Å². The Labute approximate surface area is 194 Å². The van der Waals surface area contributed by atoms with Gasteiger partial charge < -0.3 is 18.9 Å². The quantitative estimate of drug-likeness (QED) is 0.322. The molecule has 0 amide bonds. The predicted molar refractivity (Wildman–Crippen MR) is 132 cm³/mol. The van der Waals surface area contributed by atoms with Gasteiger partial charge in [0, 0.05) is 44.9 Å². The first-order chi connectivity index (χ1) is 15.8. The lowest BCUT2D eigenvalue weighted by atomic mass is 10.1. The third-order valence-electron chi connectivity index (χ3n) is 5.29. The van der Waals surface area contributed by atoms with Crippen LogP contribution in [-0.4, -0.2) is 43.4 Å². The zero-order valence-electron chi connectivity index (χ0n) is 19.2. The van der Waals surface area contributed by atoms with Gasteiger partial charge in [0.05, 0.1) is 5.69 Å². The summed E-state index contributed by atoms with van der Waals surface area (Å²) in [5, 5.41) is 3.28. The number of anilines is 2. The van der Waals surface area contributed by atoms with Crippen LogP contribution in [0.2, 0.25) is 0 Å². The molecule has 2 aromatic carbocycles. The van der Waals surface area contributed by atoms with Crippen LogP contribution in [0.25, 0.3) is 11.3 Å². The summed E-state index contributed by atoms with van der Waals surface area (Å²) in [6.45, 7) is 1.99. The Kier molecular flexibility index (Phi) is 8.57. The number of rotatable bonds is 11. The number of benzene rings is 2. The van der Waals surface area contributed by atoms with E-state index >= 15 is 0 Å². The lowest BCUT2D eigenvalue weighted by Crippen LogP contribution is -2.05. The summed E-state index contributed by atoms with van der Waals surface area (Å²) in [7, 11) is -2.76. The Balaban J connectivity index is 1.75. The molecule has 3 rings (SSSR count). The van der Waals surface area contributed by atoms with Crippen molar-refractivity contribution < 1.29 is 22.7 Å². The minimum Gasteiger partial charge on any atom is -0.331 e. The zero-order valence-corrected chi connectivity index (χ0v) is 21.0. The van der Waals surface area contributed by atoms with Crippen molar-refractivity contribution >= 4 is 26.6 Å². The van der Waals surface area contributed by atoms with E-state index in [1.807, 2.05) is 61.5 Å². The topological polar surface area (TPSA) is 99.6 Å². The molecule has 0 saturated carbocycles. The summed E-state index contributed by atoms with van der Waals surface area (Å²) < 4.78 is 40.7. The predicted octanol–water partition coefficient (Wildman–Crippen LogP) is 6.11. The van der Waals surface area contributed by atoms with E-state index in [2.05, 4.69) is 15.3 Å². The highest BCUT2D eigenvalue weighted by atomic mass is 31.2. The Bertz CT molecular complexity index is 1170. The normalized spacial score (nSPS) is 13.5. The van der Waals surface area contributed by atoms with E-state index in [1.165, 1.54) is 21.3 Å². The molecule has 1 unspecified atom stereocenters. The van der Waals surface area contributed by atoms with E-state index in [0.717, 1.165) is 28.1 Å². The molecule has 0 spiro atoms. The molecule has 0 bridgehead atoms. The molecule has 0 radical (unpaired) electrons. The third kappa shape index (κ3) is 6.83. The van der Waals surface area contributed by atoms with Gasteiger partial charge in [0.1, 0.15) is 5.90 Å². The molecular formula is C23H29N3O5P2. The molecule has 0 aliphatic heterocycles. The van der Waals surface area contributed by atoms with Gasteiger partial charge in [-0.1, -0.05) is 42.5 Å². The highest BCUT2D eigenvalue weighted by molar-refractivity contribution is 7.73. The van der Waals surface area contributed by atoms with E-state index < -0.39 is 15.0 Å². The molecule has 0 aliphatic rings. The number of nitrogens with one attached hydrogen (secondary N) is 1. The molecule has 176 valence electrons. The lowest BCUT2D eigenvalue weighted by molar-refractivity contribution is 0.278. The Morgan fingerprint density at radius 2 is 1.67 bits per heavy atom. The number of hydrogen-bond donors (Lipinski definition) is 1. The maximum atomic E-state index is 13.1. The van der Waals surface area contributed by atoms with Crippen molar-refractivity contribution in [2.24, 2.45) is 0 Å². The largest absolute Gasteiger partial charge is 0.339 e. The van der Waals surface area contributed by atoms with Gasteiger partial charge in [-0.05, 0) is 36.6 Å². The summed E-state index contributed by atoms with van der Waals surface area (Å²) in [5.41, 5.74) is 4.65. The van der Waals surface area contributed by atoms with E-state index in [0.29, 0.717) is 12.4 Å². The lowest BCUT2D eigenvalue weighted by Gasteiger charge is -2.21. The minimum absolute atomic E-state index is 0.211. The van der Waals surface area contributed by atoms with Crippen molar-refractivity contribution in [1.82, 2.24) is 9.97 Å². The van der Waals surface area contributed by atoms with Gasteiger partial charge in [-0.25, -0.2) is 9.97 Å². The summed E-state index contributed by atoms with van der Waals surface area (Å²) in [6.07, 6.45) is 2.40. The maximum absolute atomic E-state index is 13.1. The third-order valence-corrected chi connectivity index (χ3v) is 11.1. The van der Waals surface area contributed by atoms with Gasteiger partial charge in [-0.15, -0.1) is 0 Å². The fourth-order valence-electron chi connectivity index (χ4n) is 3.24. The van der Waals surface area contributed by atoms with Crippen molar-refractivity contribution in [3.05, 3.63) is 71.9 Å². The second-order valence-electron chi connectivity index (χ2n) is 7.49. The first-order valence-electron chi connectivity index (χ1n) is 10.4. The van der Waals surface area contributed by atoms with Crippen molar-refractivity contribution in [1.29, 1.82) is 0 Å². The first kappa shape index (κ1) is 25.3. The average molecular weight is 489 g/mol. The molecule has 1 aromatic heterocycles. The fraction of sp³-hybridized carbons (Fsp3) is 0.304. The highest BCUT2D eigenvalue weighted by Crippen LogP contribution is 2.62. The molecule has 1 N–H and O–H groups in total. The van der Waals surface area contributed by atoms with Crippen LogP contribution in [-0.2, 0) is 29.1 Å². The molecule has 1 heterocycles. The van der Waals surface area contributed by atoms with Crippen LogP contribution in [0.4, 0.5) is 11.6 Å². The van der Waals surface area contributed by atoms with Gasteiger partial charge in [-0.2, -0.15) is 0 Å². The number of aromatic nitrogens is 2. The monoisotopic (exact) mass is 489 g/mol. The molecule has 10 heteroatoms. The highest BCUT2D eigenvalue weighted by Gasteiger charge is 2.35.